The molecule has 1 aromatic heterocycles. The molecule has 4 nitrogen and oxygen atoms in total. The topological polar surface area (TPSA) is 36.4 Å². The van der Waals surface area contributed by atoms with Crippen molar-refractivity contribution in [1.82, 2.24) is 9.88 Å². The minimum Gasteiger partial charge on any atom is -0.309 e. The smallest absolute Gasteiger partial charge is 0.260 e. The van der Waals surface area contributed by atoms with Gasteiger partial charge in [-0.3, -0.25) is 9.69 Å². The Bertz CT molecular complexity index is 942. The zero-order chi connectivity index (χ0) is 19.4. The molecule has 0 spiro atoms. The summed E-state index contributed by atoms with van der Waals surface area (Å²) in [7, 11) is 4.07. The molecule has 0 aliphatic carbocycles. The van der Waals surface area contributed by atoms with Gasteiger partial charge in [0.2, 0.25) is 0 Å². The molecule has 28 heavy (non-hydrogen) atoms. The van der Waals surface area contributed by atoms with Crippen molar-refractivity contribution in [2.75, 3.05) is 32.1 Å². The number of carbonyl (C=O) groups is 1. The van der Waals surface area contributed by atoms with Gasteiger partial charge in [-0.2, -0.15) is 0 Å². The van der Waals surface area contributed by atoms with Crippen LogP contribution in [-0.4, -0.2) is 43.0 Å². The molecular formula is C21H25Cl2N3OS. The summed E-state index contributed by atoms with van der Waals surface area (Å²) in [5.74, 6) is -0.0639. The number of anilines is 1. The van der Waals surface area contributed by atoms with Crippen molar-refractivity contribution in [3.05, 3.63) is 58.6 Å². The van der Waals surface area contributed by atoms with Crippen LogP contribution in [0, 0.1) is 0 Å². The van der Waals surface area contributed by atoms with E-state index < -0.39 is 0 Å². The highest BCUT2D eigenvalue weighted by atomic mass is 35.5. The Hall–Kier alpha value is -1.66. The van der Waals surface area contributed by atoms with Crippen molar-refractivity contribution >= 4 is 56.6 Å². The molecule has 0 aliphatic heterocycles. The van der Waals surface area contributed by atoms with Crippen molar-refractivity contribution in [2.24, 2.45) is 0 Å². The number of carbonyl (C=O) groups excluding carboxylic acids is 1. The van der Waals surface area contributed by atoms with Gasteiger partial charge in [0.25, 0.3) is 5.91 Å². The zero-order valence-corrected chi connectivity index (χ0v) is 18.7. The van der Waals surface area contributed by atoms with Crippen molar-refractivity contribution in [3.8, 4) is 0 Å². The normalized spacial score (nSPS) is 10.9. The number of hydrogen-bond donors (Lipinski definition) is 0. The summed E-state index contributed by atoms with van der Waals surface area (Å²) in [6.45, 7) is 3.66. The van der Waals surface area contributed by atoms with Gasteiger partial charge in [0.05, 0.1) is 10.2 Å². The third-order valence-corrected chi connectivity index (χ3v) is 5.66. The molecule has 150 valence electrons. The average Bonchev–Trinajstić information content (AvgIpc) is 3.07. The monoisotopic (exact) mass is 437 g/mol. The van der Waals surface area contributed by atoms with E-state index in [2.05, 4.69) is 24.0 Å². The Morgan fingerprint density at radius 2 is 1.93 bits per heavy atom. The molecule has 0 radical (unpaired) electrons. The van der Waals surface area contributed by atoms with Crippen LogP contribution in [0.1, 0.15) is 29.3 Å². The first-order valence-corrected chi connectivity index (χ1v) is 10.3. The number of aromatic nitrogens is 1. The first-order valence-electron chi connectivity index (χ1n) is 9.09. The van der Waals surface area contributed by atoms with Crippen LogP contribution in [0.3, 0.4) is 0 Å². The lowest BCUT2D eigenvalue weighted by atomic mass is 10.2. The molecule has 3 rings (SSSR count). The number of amides is 1. The molecule has 2 aromatic carbocycles. The number of hydrogen-bond acceptors (Lipinski definition) is 4. The summed E-state index contributed by atoms with van der Waals surface area (Å²) in [4.78, 5) is 21.8. The Morgan fingerprint density at radius 3 is 2.61 bits per heavy atom. The lowest BCUT2D eigenvalue weighted by Gasteiger charge is -2.21. The van der Waals surface area contributed by atoms with Crippen molar-refractivity contribution in [1.29, 1.82) is 0 Å². The highest BCUT2D eigenvalue weighted by molar-refractivity contribution is 7.22. The fraction of sp³-hybridized carbons (Fsp3) is 0.333. The summed E-state index contributed by atoms with van der Waals surface area (Å²) in [6.07, 6.45) is 1.85. The highest BCUT2D eigenvalue weighted by Gasteiger charge is 2.21. The van der Waals surface area contributed by atoms with Crippen LogP contribution in [0.25, 0.3) is 10.2 Å². The van der Waals surface area contributed by atoms with Gasteiger partial charge in [0, 0.05) is 17.1 Å². The average molecular weight is 438 g/mol. The SMILES string of the molecule is CCc1ccc2nc(N(CCCN(C)C)C(=O)c3cccc(Cl)c3)sc2c1.Cl. The first-order chi connectivity index (χ1) is 13.0. The number of rotatable bonds is 7. The third kappa shape index (κ3) is 5.45. The molecular weight excluding hydrogens is 413 g/mol. The van der Waals surface area contributed by atoms with Gasteiger partial charge in [-0.1, -0.05) is 42.0 Å². The molecule has 0 N–H and O–H groups in total. The second kappa shape index (κ2) is 10.2. The van der Waals surface area contributed by atoms with E-state index in [-0.39, 0.29) is 18.3 Å². The van der Waals surface area contributed by atoms with E-state index in [4.69, 9.17) is 16.6 Å². The van der Waals surface area contributed by atoms with Crippen molar-refractivity contribution in [3.63, 3.8) is 0 Å². The van der Waals surface area contributed by atoms with Gasteiger partial charge < -0.3 is 4.90 Å². The van der Waals surface area contributed by atoms with Crippen molar-refractivity contribution < 1.29 is 4.79 Å². The van der Waals surface area contributed by atoms with E-state index in [0.717, 1.165) is 34.7 Å². The summed E-state index contributed by atoms with van der Waals surface area (Å²) >= 11 is 7.66. The van der Waals surface area contributed by atoms with Gasteiger partial charge in [-0.05, 0) is 69.4 Å². The number of halogens is 2. The van der Waals surface area contributed by atoms with Gasteiger partial charge in [0.15, 0.2) is 5.13 Å². The fourth-order valence-electron chi connectivity index (χ4n) is 2.90. The Balaban J connectivity index is 0.00000280. The largest absolute Gasteiger partial charge is 0.309 e. The van der Waals surface area contributed by atoms with Crippen LogP contribution in [0.4, 0.5) is 5.13 Å². The van der Waals surface area contributed by atoms with Crippen LogP contribution < -0.4 is 4.90 Å². The molecule has 0 unspecified atom stereocenters. The van der Waals surface area contributed by atoms with Gasteiger partial charge in [-0.15, -0.1) is 12.4 Å². The zero-order valence-electron chi connectivity index (χ0n) is 16.3. The van der Waals surface area contributed by atoms with E-state index in [1.807, 2.05) is 20.2 Å². The summed E-state index contributed by atoms with van der Waals surface area (Å²) in [5.41, 5.74) is 2.79. The molecule has 0 saturated heterocycles. The van der Waals surface area contributed by atoms with E-state index in [1.54, 1.807) is 40.5 Å². The van der Waals surface area contributed by atoms with E-state index in [0.29, 0.717) is 17.1 Å². The number of thiazole rings is 1. The first kappa shape index (κ1) is 22.6. The molecule has 0 bridgehead atoms. The molecule has 7 heteroatoms. The van der Waals surface area contributed by atoms with Crippen LogP contribution >= 0.6 is 35.3 Å². The molecule has 3 aromatic rings. The molecule has 0 aliphatic rings. The van der Waals surface area contributed by atoms with E-state index in [9.17, 15) is 4.79 Å². The lowest BCUT2D eigenvalue weighted by Crippen LogP contribution is -2.33. The molecule has 1 heterocycles. The standard InChI is InChI=1S/C21H24ClN3OS.ClH/c1-4-15-9-10-18-19(13-15)27-21(23-18)25(12-6-11-24(2)3)20(26)16-7-5-8-17(22)14-16;/h5,7-10,13-14H,4,6,11-12H2,1-3H3;1H. The van der Waals surface area contributed by atoms with Gasteiger partial charge in [-0.25, -0.2) is 4.98 Å². The fourth-order valence-corrected chi connectivity index (χ4v) is 4.14. The number of fused-ring (bicyclic) bond motifs is 1. The summed E-state index contributed by atoms with van der Waals surface area (Å²) < 4.78 is 1.11. The lowest BCUT2D eigenvalue weighted by molar-refractivity contribution is 0.0986. The van der Waals surface area contributed by atoms with Gasteiger partial charge >= 0.3 is 0 Å². The number of benzene rings is 2. The number of aryl methyl sites for hydroxylation is 1. The quantitative estimate of drug-likeness (QED) is 0.487. The highest BCUT2D eigenvalue weighted by Crippen LogP contribution is 2.31. The molecule has 1 amide bonds. The third-order valence-electron chi connectivity index (χ3n) is 4.38. The maximum absolute atomic E-state index is 13.2. The Labute approximate surface area is 181 Å². The predicted octanol–water partition coefficient (Wildman–Crippen LogP) is 5.53. The maximum Gasteiger partial charge on any atom is 0.260 e. The number of nitrogens with zero attached hydrogens (tertiary/aromatic N) is 3. The van der Waals surface area contributed by atoms with E-state index >= 15 is 0 Å². The summed E-state index contributed by atoms with van der Waals surface area (Å²) in [6, 6.07) is 13.4. The molecule has 0 atom stereocenters. The Morgan fingerprint density at radius 1 is 1.14 bits per heavy atom. The second-order valence-corrected chi connectivity index (χ2v) is 8.22. The van der Waals surface area contributed by atoms with Crippen molar-refractivity contribution in [2.45, 2.75) is 19.8 Å². The molecule has 0 fully saturated rings. The molecule has 0 saturated carbocycles. The van der Waals surface area contributed by atoms with Crippen LogP contribution in [0.5, 0.6) is 0 Å². The minimum atomic E-state index is -0.0639. The minimum absolute atomic E-state index is 0. The second-order valence-electron chi connectivity index (χ2n) is 6.78. The predicted molar refractivity (Wildman–Crippen MR) is 123 cm³/mol. The summed E-state index contributed by atoms with van der Waals surface area (Å²) in [5, 5.41) is 1.30. The van der Waals surface area contributed by atoms with E-state index in [1.165, 1.54) is 5.56 Å². The van der Waals surface area contributed by atoms with Crippen LogP contribution in [0.15, 0.2) is 42.5 Å². The van der Waals surface area contributed by atoms with Crippen LogP contribution in [-0.2, 0) is 6.42 Å². The van der Waals surface area contributed by atoms with Gasteiger partial charge in [0.1, 0.15) is 0 Å². The van der Waals surface area contributed by atoms with Crippen LogP contribution in [0.2, 0.25) is 5.02 Å². The Kier molecular flexibility index (Phi) is 8.25. The maximum atomic E-state index is 13.2.